The number of nitrogens with zero attached hydrogens (tertiary/aromatic N) is 1. The Morgan fingerprint density at radius 1 is 1.37 bits per heavy atom. The van der Waals surface area contributed by atoms with Crippen molar-refractivity contribution >= 4 is 11.8 Å². The molecule has 2 fully saturated rings. The average molecular weight is 268 g/mol. The smallest absolute Gasteiger partial charge is 0.248 e. The third-order valence-electron chi connectivity index (χ3n) is 3.80. The van der Waals surface area contributed by atoms with Crippen LogP contribution in [0.3, 0.4) is 0 Å². The van der Waals surface area contributed by atoms with Crippen LogP contribution in [0.4, 0.5) is 0 Å². The number of amides is 2. The fourth-order valence-corrected chi connectivity index (χ4v) is 2.66. The molecule has 1 N–H and O–H groups in total. The molecule has 1 saturated carbocycles. The Morgan fingerprint density at radius 2 is 2.05 bits per heavy atom. The molecule has 2 rings (SSSR count). The minimum absolute atomic E-state index is 0.00325. The van der Waals surface area contributed by atoms with Gasteiger partial charge in [-0.15, -0.1) is 0 Å². The fraction of sp³-hybridized carbons (Fsp3) is 0.857. The van der Waals surface area contributed by atoms with E-state index in [1.54, 1.807) is 18.7 Å². The number of carbonyl (C=O) groups is 2. The molecule has 1 heterocycles. The highest BCUT2D eigenvalue weighted by Crippen LogP contribution is 2.38. The molecule has 2 aliphatic rings. The number of hydrogen-bond donors (Lipinski definition) is 1. The topological polar surface area (TPSA) is 58.6 Å². The van der Waals surface area contributed by atoms with Crippen LogP contribution in [0.5, 0.6) is 0 Å². The van der Waals surface area contributed by atoms with Gasteiger partial charge in [0.1, 0.15) is 11.6 Å². The van der Waals surface area contributed by atoms with E-state index in [2.05, 4.69) is 5.32 Å². The lowest BCUT2D eigenvalue weighted by Crippen LogP contribution is -2.68. The molecule has 5 heteroatoms. The maximum atomic E-state index is 12.5. The van der Waals surface area contributed by atoms with Crippen LogP contribution >= 0.6 is 0 Å². The average Bonchev–Trinajstić information content (AvgIpc) is 3.14. The molecule has 108 valence electrons. The Kier molecular flexibility index (Phi) is 4.13. The van der Waals surface area contributed by atoms with E-state index >= 15 is 0 Å². The largest absolute Gasteiger partial charge is 0.382 e. The molecule has 19 heavy (non-hydrogen) atoms. The third-order valence-corrected chi connectivity index (χ3v) is 3.80. The van der Waals surface area contributed by atoms with Gasteiger partial charge in [0.25, 0.3) is 0 Å². The van der Waals surface area contributed by atoms with Crippen LogP contribution in [-0.2, 0) is 14.3 Å². The van der Waals surface area contributed by atoms with Crippen molar-refractivity contribution in [1.82, 2.24) is 10.2 Å². The van der Waals surface area contributed by atoms with E-state index < -0.39 is 5.54 Å². The second-order valence-corrected chi connectivity index (χ2v) is 5.95. The Balaban J connectivity index is 2.04. The van der Waals surface area contributed by atoms with Crippen molar-refractivity contribution in [2.45, 2.75) is 51.6 Å². The first-order chi connectivity index (χ1) is 8.97. The zero-order valence-corrected chi connectivity index (χ0v) is 12.1. The molecule has 1 saturated heterocycles. The molecule has 1 aliphatic heterocycles. The fourth-order valence-electron chi connectivity index (χ4n) is 2.66. The quantitative estimate of drug-likeness (QED) is 0.729. The van der Waals surface area contributed by atoms with Crippen LogP contribution in [0, 0.1) is 5.92 Å². The van der Waals surface area contributed by atoms with Gasteiger partial charge in [0.05, 0.1) is 0 Å². The van der Waals surface area contributed by atoms with Gasteiger partial charge in [-0.1, -0.05) is 0 Å². The van der Waals surface area contributed by atoms with E-state index in [1.165, 1.54) is 0 Å². The first-order valence-corrected chi connectivity index (χ1v) is 7.18. The van der Waals surface area contributed by atoms with Gasteiger partial charge in [-0.3, -0.25) is 9.59 Å². The summed E-state index contributed by atoms with van der Waals surface area (Å²) in [6.07, 6.45) is 2.88. The summed E-state index contributed by atoms with van der Waals surface area (Å²) in [7, 11) is 0. The second kappa shape index (κ2) is 5.49. The molecule has 0 radical (unpaired) electrons. The first-order valence-electron chi connectivity index (χ1n) is 7.18. The maximum absolute atomic E-state index is 12.5. The standard InChI is InChI=1S/C14H24N2O3/c1-4-19-9-5-8-16-11(10-6-7-10)12(17)15-14(2,3)13(16)18/h10-11H,4-9H2,1-3H3,(H,15,17). The molecule has 0 aromatic carbocycles. The van der Waals surface area contributed by atoms with Crippen molar-refractivity contribution in [2.24, 2.45) is 5.92 Å². The van der Waals surface area contributed by atoms with E-state index in [0.717, 1.165) is 19.3 Å². The number of carbonyl (C=O) groups excluding carboxylic acids is 2. The zero-order valence-electron chi connectivity index (χ0n) is 12.1. The Hall–Kier alpha value is -1.10. The highest BCUT2D eigenvalue weighted by atomic mass is 16.5. The lowest BCUT2D eigenvalue weighted by atomic mass is 9.94. The molecule has 5 nitrogen and oxygen atoms in total. The Morgan fingerprint density at radius 3 is 2.63 bits per heavy atom. The summed E-state index contributed by atoms with van der Waals surface area (Å²) in [6.45, 7) is 7.43. The first kappa shape index (κ1) is 14.3. The highest BCUT2D eigenvalue weighted by molar-refractivity contribution is 5.99. The summed E-state index contributed by atoms with van der Waals surface area (Å²) >= 11 is 0. The van der Waals surface area contributed by atoms with Crippen molar-refractivity contribution in [3.8, 4) is 0 Å². The van der Waals surface area contributed by atoms with E-state index in [0.29, 0.717) is 25.7 Å². The molecule has 2 amide bonds. The minimum Gasteiger partial charge on any atom is -0.382 e. The van der Waals surface area contributed by atoms with Gasteiger partial charge in [0.2, 0.25) is 11.8 Å². The number of piperazine rings is 1. The Bertz CT molecular complexity index is 364. The van der Waals surface area contributed by atoms with Crippen LogP contribution in [0.25, 0.3) is 0 Å². The van der Waals surface area contributed by atoms with Crippen molar-refractivity contribution in [1.29, 1.82) is 0 Å². The lowest BCUT2D eigenvalue weighted by molar-refractivity contribution is -0.154. The summed E-state index contributed by atoms with van der Waals surface area (Å²) in [5, 5.41) is 2.85. The molecule has 1 atom stereocenters. The van der Waals surface area contributed by atoms with E-state index in [1.807, 2.05) is 6.92 Å². The Labute approximate surface area is 114 Å². The summed E-state index contributed by atoms with van der Waals surface area (Å²) in [4.78, 5) is 26.4. The van der Waals surface area contributed by atoms with Gasteiger partial charge in [-0.25, -0.2) is 0 Å². The van der Waals surface area contributed by atoms with Crippen LogP contribution in [0.15, 0.2) is 0 Å². The second-order valence-electron chi connectivity index (χ2n) is 5.95. The SMILES string of the molecule is CCOCCCN1C(=O)C(C)(C)NC(=O)C1C1CC1. The van der Waals surface area contributed by atoms with Gasteiger partial charge in [-0.05, 0) is 46.0 Å². The van der Waals surface area contributed by atoms with Gasteiger partial charge in [0, 0.05) is 19.8 Å². The predicted molar refractivity (Wildman–Crippen MR) is 71.6 cm³/mol. The number of nitrogens with one attached hydrogen (secondary N) is 1. The third kappa shape index (κ3) is 3.08. The van der Waals surface area contributed by atoms with E-state index in [9.17, 15) is 9.59 Å². The molecule has 0 spiro atoms. The number of hydrogen-bond acceptors (Lipinski definition) is 3. The summed E-state index contributed by atoms with van der Waals surface area (Å²) < 4.78 is 5.31. The van der Waals surface area contributed by atoms with Crippen LogP contribution in [0.1, 0.15) is 40.0 Å². The lowest BCUT2D eigenvalue weighted by Gasteiger charge is -2.43. The van der Waals surface area contributed by atoms with Gasteiger partial charge in [-0.2, -0.15) is 0 Å². The zero-order chi connectivity index (χ0) is 14.0. The van der Waals surface area contributed by atoms with E-state index in [4.69, 9.17) is 4.74 Å². The molecule has 1 unspecified atom stereocenters. The predicted octanol–water partition coefficient (Wildman–Crippen LogP) is 0.929. The minimum atomic E-state index is -0.784. The molecule has 0 bridgehead atoms. The van der Waals surface area contributed by atoms with Crippen molar-refractivity contribution in [2.75, 3.05) is 19.8 Å². The van der Waals surface area contributed by atoms with Gasteiger partial charge in [0.15, 0.2) is 0 Å². The van der Waals surface area contributed by atoms with Gasteiger partial charge >= 0.3 is 0 Å². The molecule has 0 aromatic heterocycles. The molecular weight excluding hydrogens is 244 g/mol. The number of rotatable bonds is 6. The van der Waals surface area contributed by atoms with E-state index in [-0.39, 0.29) is 17.9 Å². The molecule has 0 aromatic rings. The molecule has 1 aliphatic carbocycles. The van der Waals surface area contributed by atoms with Crippen LogP contribution < -0.4 is 5.32 Å². The van der Waals surface area contributed by atoms with Gasteiger partial charge < -0.3 is 15.0 Å². The van der Waals surface area contributed by atoms with Crippen molar-refractivity contribution < 1.29 is 14.3 Å². The highest BCUT2D eigenvalue weighted by Gasteiger charge is 2.50. The van der Waals surface area contributed by atoms with Crippen molar-refractivity contribution in [3.05, 3.63) is 0 Å². The van der Waals surface area contributed by atoms with Crippen LogP contribution in [-0.4, -0.2) is 48.1 Å². The summed E-state index contributed by atoms with van der Waals surface area (Å²) in [5.74, 6) is 0.385. The van der Waals surface area contributed by atoms with Crippen molar-refractivity contribution in [3.63, 3.8) is 0 Å². The van der Waals surface area contributed by atoms with Crippen LogP contribution in [0.2, 0.25) is 0 Å². The molecular formula is C14H24N2O3. The maximum Gasteiger partial charge on any atom is 0.248 e. The normalized spacial score (nSPS) is 26.5. The summed E-state index contributed by atoms with van der Waals surface area (Å²) in [5.41, 5.74) is -0.784. The monoisotopic (exact) mass is 268 g/mol. The number of ether oxygens (including phenoxy) is 1. The summed E-state index contributed by atoms with van der Waals surface area (Å²) in [6, 6.07) is -0.262.